The number of rotatable bonds is 4. The highest BCUT2D eigenvalue weighted by Crippen LogP contribution is 2.32. The van der Waals surface area contributed by atoms with Crippen LogP contribution < -0.4 is 10.6 Å². The molecule has 0 aliphatic carbocycles. The number of anilines is 1. The van der Waals surface area contributed by atoms with E-state index in [4.69, 9.17) is 11.6 Å². The molecule has 2 N–H and O–H groups in total. The minimum absolute atomic E-state index is 0. The number of benzene rings is 2. The maximum absolute atomic E-state index is 14.0. The van der Waals surface area contributed by atoms with Gasteiger partial charge in [0.25, 0.3) is 5.91 Å². The lowest BCUT2D eigenvalue weighted by atomic mass is 9.91. The van der Waals surface area contributed by atoms with Crippen molar-refractivity contribution in [3.05, 3.63) is 76.6 Å². The van der Waals surface area contributed by atoms with E-state index in [1.54, 1.807) is 10.7 Å². The normalized spacial score (nSPS) is 14.2. The Morgan fingerprint density at radius 3 is 2.63 bits per heavy atom. The van der Waals surface area contributed by atoms with E-state index in [1.165, 1.54) is 6.20 Å². The molecule has 0 atom stereocenters. The second-order valence-corrected chi connectivity index (χ2v) is 7.32. The quantitative estimate of drug-likeness (QED) is 0.588. The molecule has 30 heavy (non-hydrogen) atoms. The van der Waals surface area contributed by atoms with Crippen molar-refractivity contribution >= 4 is 35.6 Å². The molecule has 1 amide bonds. The predicted octanol–water partition coefficient (Wildman–Crippen LogP) is 4.95. The molecule has 3 aromatic rings. The number of halogens is 4. The molecule has 0 saturated carbocycles. The predicted molar refractivity (Wildman–Crippen MR) is 115 cm³/mol. The van der Waals surface area contributed by atoms with Crippen LogP contribution in [0, 0.1) is 11.6 Å². The number of carbonyl (C=O) groups excluding carboxylic acids is 1. The van der Waals surface area contributed by atoms with Gasteiger partial charge in [0.2, 0.25) is 0 Å². The number of aromatic nitrogens is 2. The third kappa shape index (κ3) is 4.48. The van der Waals surface area contributed by atoms with E-state index in [9.17, 15) is 13.6 Å². The van der Waals surface area contributed by atoms with Gasteiger partial charge in [0.1, 0.15) is 11.6 Å². The van der Waals surface area contributed by atoms with Crippen LogP contribution in [-0.2, 0) is 0 Å². The van der Waals surface area contributed by atoms with Crippen molar-refractivity contribution in [1.82, 2.24) is 15.1 Å². The van der Waals surface area contributed by atoms with E-state index in [0.29, 0.717) is 22.0 Å². The first-order chi connectivity index (χ1) is 14.0. The van der Waals surface area contributed by atoms with Gasteiger partial charge in [-0.25, -0.2) is 13.5 Å². The lowest BCUT2D eigenvalue weighted by Gasteiger charge is -2.25. The van der Waals surface area contributed by atoms with Crippen molar-refractivity contribution in [3.8, 4) is 5.69 Å². The number of piperidine rings is 1. The van der Waals surface area contributed by atoms with E-state index >= 15 is 0 Å². The fourth-order valence-corrected chi connectivity index (χ4v) is 3.84. The molecule has 0 radical (unpaired) electrons. The van der Waals surface area contributed by atoms with E-state index in [0.717, 1.165) is 44.1 Å². The molecular formula is C21H20Cl2F2N4O. The zero-order chi connectivity index (χ0) is 20.4. The number of hydrogen-bond donors (Lipinski definition) is 2. The molecule has 1 aromatic heterocycles. The Balaban J connectivity index is 0.00000256. The minimum Gasteiger partial charge on any atom is -0.319 e. The lowest BCUT2D eigenvalue weighted by molar-refractivity contribution is 0.102. The summed E-state index contributed by atoms with van der Waals surface area (Å²) in [6, 6.07) is 10.2. The van der Waals surface area contributed by atoms with Gasteiger partial charge in [-0.15, -0.1) is 12.4 Å². The first kappa shape index (κ1) is 22.2. The van der Waals surface area contributed by atoms with Crippen molar-refractivity contribution in [1.29, 1.82) is 0 Å². The van der Waals surface area contributed by atoms with Crippen LogP contribution in [0.2, 0.25) is 5.02 Å². The van der Waals surface area contributed by atoms with Crippen LogP contribution in [0.3, 0.4) is 0 Å². The summed E-state index contributed by atoms with van der Waals surface area (Å²) in [5.74, 6) is -1.80. The fourth-order valence-electron chi connectivity index (χ4n) is 3.62. The number of nitrogens with one attached hydrogen (secondary N) is 2. The Hall–Kier alpha value is -2.48. The number of amides is 1. The fraction of sp³-hybridized carbons (Fsp3) is 0.238. The van der Waals surface area contributed by atoms with E-state index in [1.807, 2.05) is 18.2 Å². The maximum atomic E-state index is 14.0. The first-order valence-electron chi connectivity index (χ1n) is 9.34. The van der Waals surface area contributed by atoms with Gasteiger partial charge in [0.05, 0.1) is 33.9 Å². The van der Waals surface area contributed by atoms with Crippen LogP contribution >= 0.6 is 24.0 Å². The molecule has 1 aliphatic heterocycles. The summed E-state index contributed by atoms with van der Waals surface area (Å²) in [6.45, 7) is 1.63. The molecule has 1 fully saturated rings. The molecule has 4 rings (SSSR count). The molecule has 0 unspecified atom stereocenters. The van der Waals surface area contributed by atoms with Gasteiger partial charge in [-0.05, 0) is 50.2 Å². The van der Waals surface area contributed by atoms with E-state index < -0.39 is 17.5 Å². The summed E-state index contributed by atoms with van der Waals surface area (Å²) in [5.41, 5.74) is 1.49. The SMILES string of the molecule is Cl.O=C(Nc1cc(F)ccc1F)c1cnn(-c2ccccc2Cl)c1C1CCNCC1. The summed E-state index contributed by atoms with van der Waals surface area (Å²) in [7, 11) is 0. The molecule has 5 nitrogen and oxygen atoms in total. The van der Waals surface area contributed by atoms with Crippen molar-refractivity contribution < 1.29 is 13.6 Å². The number of nitrogens with zero attached hydrogens (tertiary/aromatic N) is 2. The number of hydrogen-bond acceptors (Lipinski definition) is 3. The average molecular weight is 453 g/mol. The monoisotopic (exact) mass is 452 g/mol. The van der Waals surface area contributed by atoms with Gasteiger partial charge in [-0.1, -0.05) is 23.7 Å². The molecule has 1 aliphatic rings. The van der Waals surface area contributed by atoms with Gasteiger partial charge >= 0.3 is 0 Å². The van der Waals surface area contributed by atoms with Gasteiger partial charge in [-0.2, -0.15) is 5.10 Å². The van der Waals surface area contributed by atoms with Crippen molar-refractivity contribution in [2.45, 2.75) is 18.8 Å². The highest BCUT2D eigenvalue weighted by atomic mass is 35.5. The Labute approximate surface area is 183 Å². The van der Waals surface area contributed by atoms with Crippen LogP contribution in [0.25, 0.3) is 5.69 Å². The lowest BCUT2D eigenvalue weighted by Crippen LogP contribution is -2.29. The summed E-state index contributed by atoms with van der Waals surface area (Å²) < 4.78 is 29.2. The molecule has 0 spiro atoms. The molecule has 2 heterocycles. The van der Waals surface area contributed by atoms with Crippen LogP contribution in [0.4, 0.5) is 14.5 Å². The molecule has 9 heteroatoms. The van der Waals surface area contributed by atoms with Crippen LogP contribution in [0.1, 0.15) is 34.8 Å². The van der Waals surface area contributed by atoms with Gasteiger partial charge in [0, 0.05) is 12.0 Å². The van der Waals surface area contributed by atoms with Gasteiger partial charge in [0.15, 0.2) is 0 Å². The summed E-state index contributed by atoms with van der Waals surface area (Å²) in [4.78, 5) is 13.0. The topological polar surface area (TPSA) is 59.0 Å². The standard InChI is InChI=1S/C21H19ClF2N4O.ClH/c22-16-3-1-2-4-19(16)28-20(13-7-9-25-10-8-13)15(12-26-28)21(29)27-18-11-14(23)5-6-17(18)24;/h1-6,11-13,25H,7-10H2,(H,27,29);1H. The summed E-state index contributed by atoms with van der Waals surface area (Å²) in [6.07, 6.45) is 3.10. The second-order valence-electron chi connectivity index (χ2n) is 6.91. The molecule has 158 valence electrons. The smallest absolute Gasteiger partial charge is 0.259 e. The first-order valence-corrected chi connectivity index (χ1v) is 9.72. The third-order valence-electron chi connectivity index (χ3n) is 5.03. The molecular weight excluding hydrogens is 433 g/mol. The molecule has 1 saturated heterocycles. The van der Waals surface area contributed by atoms with Crippen molar-refractivity contribution in [3.63, 3.8) is 0 Å². The average Bonchev–Trinajstić information content (AvgIpc) is 3.17. The summed E-state index contributed by atoms with van der Waals surface area (Å²) in [5, 5.41) is 10.7. The van der Waals surface area contributed by atoms with Gasteiger partial charge < -0.3 is 10.6 Å². The zero-order valence-electron chi connectivity index (χ0n) is 15.9. The van der Waals surface area contributed by atoms with Crippen LogP contribution in [0.5, 0.6) is 0 Å². The Bertz CT molecular complexity index is 1050. The second kappa shape index (κ2) is 9.55. The Kier molecular flexibility index (Phi) is 7.07. The minimum atomic E-state index is -0.707. The Morgan fingerprint density at radius 1 is 1.17 bits per heavy atom. The number of para-hydroxylation sites is 1. The van der Waals surface area contributed by atoms with E-state index in [2.05, 4.69) is 15.7 Å². The Morgan fingerprint density at radius 2 is 1.90 bits per heavy atom. The zero-order valence-corrected chi connectivity index (χ0v) is 17.4. The highest BCUT2D eigenvalue weighted by Gasteiger charge is 2.28. The third-order valence-corrected chi connectivity index (χ3v) is 5.35. The van der Waals surface area contributed by atoms with Crippen LogP contribution in [-0.4, -0.2) is 28.8 Å². The largest absolute Gasteiger partial charge is 0.319 e. The molecule has 2 aromatic carbocycles. The number of carbonyl (C=O) groups is 1. The maximum Gasteiger partial charge on any atom is 0.259 e. The van der Waals surface area contributed by atoms with E-state index in [-0.39, 0.29) is 24.0 Å². The van der Waals surface area contributed by atoms with Gasteiger partial charge in [-0.3, -0.25) is 4.79 Å². The molecule has 0 bridgehead atoms. The van der Waals surface area contributed by atoms with Crippen LogP contribution in [0.15, 0.2) is 48.7 Å². The summed E-state index contributed by atoms with van der Waals surface area (Å²) >= 11 is 6.36. The van der Waals surface area contributed by atoms with Crippen molar-refractivity contribution in [2.24, 2.45) is 0 Å². The highest BCUT2D eigenvalue weighted by molar-refractivity contribution is 6.32. The van der Waals surface area contributed by atoms with Crippen molar-refractivity contribution in [2.75, 3.05) is 18.4 Å².